The Morgan fingerprint density at radius 1 is 0.912 bits per heavy atom. The van der Waals surface area contributed by atoms with Gasteiger partial charge in [0.05, 0.1) is 6.54 Å². The van der Waals surface area contributed by atoms with Gasteiger partial charge < -0.3 is 9.80 Å². The molecule has 3 aromatic rings. The molecule has 3 rings (SSSR count). The third kappa shape index (κ3) is 7.14. The molecule has 0 bridgehead atoms. The van der Waals surface area contributed by atoms with Gasteiger partial charge in [0.15, 0.2) is 0 Å². The van der Waals surface area contributed by atoms with E-state index >= 15 is 0 Å². The second-order valence-corrected chi connectivity index (χ2v) is 8.20. The van der Waals surface area contributed by atoms with E-state index in [4.69, 9.17) is 0 Å². The van der Waals surface area contributed by atoms with E-state index in [0.29, 0.717) is 17.8 Å². The SMILES string of the molecule is CC.CCCN(CCC)c1ccc(CN(C(=O)c2cc(C)ccc2C)c2ccc(F)cc2)cn1. The van der Waals surface area contributed by atoms with E-state index in [1.807, 2.05) is 64.2 Å². The molecule has 0 fully saturated rings. The highest BCUT2D eigenvalue weighted by molar-refractivity contribution is 6.07. The largest absolute Gasteiger partial charge is 0.357 e. The Balaban J connectivity index is 0.00000199. The average molecular weight is 464 g/mol. The van der Waals surface area contributed by atoms with Crippen molar-refractivity contribution in [1.82, 2.24) is 4.98 Å². The van der Waals surface area contributed by atoms with E-state index in [2.05, 4.69) is 23.7 Å². The summed E-state index contributed by atoms with van der Waals surface area (Å²) in [5.74, 6) is 0.512. The van der Waals surface area contributed by atoms with E-state index in [1.165, 1.54) is 12.1 Å². The lowest BCUT2D eigenvalue weighted by molar-refractivity contribution is 0.0984. The predicted octanol–water partition coefficient (Wildman–Crippen LogP) is 7.34. The summed E-state index contributed by atoms with van der Waals surface area (Å²) in [4.78, 5) is 22.2. The number of halogens is 1. The molecule has 0 spiro atoms. The lowest BCUT2D eigenvalue weighted by Crippen LogP contribution is -2.31. The molecule has 0 N–H and O–H groups in total. The summed E-state index contributed by atoms with van der Waals surface area (Å²) in [5, 5.41) is 0. The maximum atomic E-state index is 13.6. The highest BCUT2D eigenvalue weighted by atomic mass is 19.1. The van der Waals surface area contributed by atoms with Crippen molar-refractivity contribution >= 4 is 17.4 Å². The number of amides is 1. The number of pyridine rings is 1. The third-order valence-electron chi connectivity index (χ3n) is 5.47. The van der Waals surface area contributed by atoms with Gasteiger partial charge >= 0.3 is 0 Å². The molecule has 1 aromatic heterocycles. The van der Waals surface area contributed by atoms with E-state index in [-0.39, 0.29) is 11.7 Å². The number of aromatic nitrogens is 1. The summed E-state index contributed by atoms with van der Waals surface area (Å²) in [6.45, 7) is 14.5. The highest BCUT2D eigenvalue weighted by Crippen LogP contribution is 2.23. The third-order valence-corrected chi connectivity index (χ3v) is 5.47. The Morgan fingerprint density at radius 2 is 1.56 bits per heavy atom. The van der Waals surface area contributed by atoms with Gasteiger partial charge in [0.25, 0.3) is 5.91 Å². The van der Waals surface area contributed by atoms with Crippen LogP contribution in [0.5, 0.6) is 0 Å². The van der Waals surface area contributed by atoms with Crippen molar-refractivity contribution in [3.8, 4) is 0 Å². The molecule has 4 nitrogen and oxygen atoms in total. The van der Waals surface area contributed by atoms with E-state index in [9.17, 15) is 9.18 Å². The second kappa shape index (κ2) is 13.5. The summed E-state index contributed by atoms with van der Waals surface area (Å²) in [5.41, 5.74) is 4.16. The molecule has 0 aliphatic carbocycles. The number of hydrogen-bond donors (Lipinski definition) is 0. The molecule has 2 aromatic carbocycles. The number of hydrogen-bond acceptors (Lipinski definition) is 3. The van der Waals surface area contributed by atoms with Gasteiger partial charge in [-0.05, 0) is 74.2 Å². The summed E-state index contributed by atoms with van der Waals surface area (Å²) >= 11 is 0. The van der Waals surface area contributed by atoms with Gasteiger partial charge in [0, 0.05) is 30.5 Å². The predicted molar refractivity (Wildman–Crippen MR) is 141 cm³/mol. The fourth-order valence-electron chi connectivity index (χ4n) is 3.77. The van der Waals surface area contributed by atoms with E-state index < -0.39 is 0 Å². The minimum atomic E-state index is -0.328. The Labute approximate surface area is 204 Å². The van der Waals surface area contributed by atoms with Gasteiger partial charge in [-0.3, -0.25) is 4.79 Å². The first kappa shape index (κ1) is 27.0. The Kier molecular flexibility index (Phi) is 10.7. The minimum absolute atomic E-state index is 0.111. The van der Waals surface area contributed by atoms with Crippen LogP contribution >= 0.6 is 0 Å². The van der Waals surface area contributed by atoms with E-state index in [1.54, 1.807) is 17.0 Å². The quantitative estimate of drug-likeness (QED) is 0.333. The Bertz CT molecular complexity index is 1030. The van der Waals surface area contributed by atoms with Crippen molar-refractivity contribution in [2.75, 3.05) is 22.9 Å². The number of anilines is 2. The molecular weight excluding hydrogens is 425 g/mol. The zero-order chi connectivity index (χ0) is 25.1. The average Bonchev–Trinajstić information content (AvgIpc) is 2.86. The molecule has 5 heteroatoms. The summed E-state index contributed by atoms with van der Waals surface area (Å²) < 4.78 is 13.5. The molecule has 0 aliphatic heterocycles. The molecule has 182 valence electrons. The normalized spacial score (nSPS) is 10.3. The first-order valence-corrected chi connectivity index (χ1v) is 12.3. The monoisotopic (exact) mass is 463 g/mol. The molecule has 0 aliphatic rings. The molecule has 0 saturated carbocycles. The van der Waals surface area contributed by atoms with Crippen molar-refractivity contribution in [3.05, 3.63) is 88.9 Å². The van der Waals surface area contributed by atoms with Gasteiger partial charge in [-0.25, -0.2) is 9.37 Å². The fourth-order valence-corrected chi connectivity index (χ4v) is 3.77. The lowest BCUT2D eigenvalue weighted by Gasteiger charge is -2.25. The minimum Gasteiger partial charge on any atom is -0.357 e. The zero-order valence-electron chi connectivity index (χ0n) is 21.4. The smallest absolute Gasteiger partial charge is 0.258 e. The molecule has 0 atom stereocenters. The van der Waals surface area contributed by atoms with Crippen LogP contribution in [0.2, 0.25) is 0 Å². The second-order valence-electron chi connectivity index (χ2n) is 8.20. The number of benzene rings is 2. The molecular formula is C29H38FN3O. The Hall–Kier alpha value is -3.21. The van der Waals surface area contributed by atoms with Crippen LogP contribution in [-0.2, 0) is 6.54 Å². The fraction of sp³-hybridized carbons (Fsp3) is 0.379. The van der Waals surface area contributed by atoms with Crippen LogP contribution < -0.4 is 9.80 Å². The first-order valence-electron chi connectivity index (χ1n) is 12.3. The van der Waals surface area contributed by atoms with Gasteiger partial charge in [-0.2, -0.15) is 0 Å². The van der Waals surface area contributed by atoms with E-state index in [0.717, 1.165) is 48.4 Å². The Morgan fingerprint density at radius 3 is 2.12 bits per heavy atom. The van der Waals surface area contributed by atoms with Gasteiger partial charge in [-0.15, -0.1) is 0 Å². The number of aryl methyl sites for hydroxylation is 2. The maximum Gasteiger partial charge on any atom is 0.258 e. The molecule has 34 heavy (non-hydrogen) atoms. The first-order chi connectivity index (χ1) is 16.4. The number of nitrogens with zero attached hydrogens (tertiary/aromatic N) is 3. The standard InChI is InChI=1S/C27H32FN3O.C2H6/c1-5-15-30(16-6-2)26-14-9-22(18-29-26)19-31(24-12-10-23(28)11-13-24)27(32)25-17-20(3)7-8-21(25)4;1-2/h7-14,17-18H,5-6,15-16,19H2,1-4H3;1-2H3. The zero-order valence-corrected chi connectivity index (χ0v) is 21.4. The summed E-state index contributed by atoms with van der Waals surface area (Å²) in [7, 11) is 0. The number of carbonyl (C=O) groups is 1. The van der Waals surface area contributed by atoms with Crippen LogP contribution in [0, 0.1) is 19.7 Å². The molecule has 1 amide bonds. The molecule has 0 radical (unpaired) electrons. The van der Waals surface area contributed by atoms with Gasteiger partial charge in [-0.1, -0.05) is 51.5 Å². The van der Waals surface area contributed by atoms with Crippen molar-refractivity contribution in [3.63, 3.8) is 0 Å². The maximum absolute atomic E-state index is 13.6. The van der Waals surface area contributed by atoms with Crippen LogP contribution in [0.25, 0.3) is 0 Å². The van der Waals surface area contributed by atoms with Gasteiger partial charge in [0.2, 0.25) is 0 Å². The van der Waals surface area contributed by atoms with Crippen molar-refractivity contribution < 1.29 is 9.18 Å². The van der Waals surface area contributed by atoms with Gasteiger partial charge in [0.1, 0.15) is 11.6 Å². The summed E-state index contributed by atoms with van der Waals surface area (Å²) in [6.07, 6.45) is 3.96. The van der Waals surface area contributed by atoms with Crippen LogP contribution in [0.4, 0.5) is 15.9 Å². The van der Waals surface area contributed by atoms with Crippen molar-refractivity contribution in [1.29, 1.82) is 0 Å². The summed E-state index contributed by atoms with van der Waals surface area (Å²) in [6, 6.07) is 15.9. The van der Waals surface area contributed by atoms with Crippen LogP contribution in [0.1, 0.15) is 67.6 Å². The topological polar surface area (TPSA) is 36.4 Å². The number of rotatable bonds is 9. The molecule has 0 saturated heterocycles. The molecule has 1 heterocycles. The van der Waals surface area contributed by atoms with Crippen LogP contribution in [0.3, 0.4) is 0 Å². The van der Waals surface area contributed by atoms with Crippen LogP contribution in [0.15, 0.2) is 60.8 Å². The van der Waals surface area contributed by atoms with Crippen LogP contribution in [-0.4, -0.2) is 24.0 Å². The highest BCUT2D eigenvalue weighted by Gasteiger charge is 2.20. The lowest BCUT2D eigenvalue weighted by atomic mass is 10.0. The van der Waals surface area contributed by atoms with Crippen molar-refractivity contribution in [2.45, 2.75) is 60.9 Å². The number of carbonyl (C=O) groups excluding carboxylic acids is 1. The molecule has 0 unspecified atom stereocenters. The van der Waals surface area contributed by atoms with Crippen molar-refractivity contribution in [2.24, 2.45) is 0 Å².